The number of aromatic nitrogens is 2. The highest BCUT2D eigenvalue weighted by molar-refractivity contribution is 5.82. The van der Waals surface area contributed by atoms with E-state index in [0.717, 1.165) is 22.5 Å². The average molecular weight is 358 g/mol. The molecule has 1 aromatic heterocycles. The Morgan fingerprint density at radius 2 is 2.23 bits per heavy atom. The SMILES string of the molecule is Cc1[nH]nc(CCC(=O)N[C@H]2CC(=O)N(Cc3cccc(F)c3)C2)c1C. The first-order valence-electron chi connectivity index (χ1n) is 8.74. The Balaban J connectivity index is 1.49. The minimum Gasteiger partial charge on any atom is -0.351 e. The molecule has 6 nitrogen and oxygen atoms in total. The molecule has 3 rings (SSSR count). The lowest BCUT2D eigenvalue weighted by Gasteiger charge is -2.17. The number of halogens is 1. The molecule has 1 aliphatic rings. The summed E-state index contributed by atoms with van der Waals surface area (Å²) in [6, 6.07) is 6.01. The van der Waals surface area contributed by atoms with E-state index in [4.69, 9.17) is 0 Å². The number of amides is 2. The highest BCUT2D eigenvalue weighted by atomic mass is 19.1. The Hall–Kier alpha value is -2.70. The average Bonchev–Trinajstić information content (AvgIpc) is 3.09. The number of carbonyl (C=O) groups excluding carboxylic acids is 2. The molecule has 1 fully saturated rings. The minimum absolute atomic E-state index is 0.0293. The lowest BCUT2D eigenvalue weighted by molar-refractivity contribution is -0.128. The van der Waals surface area contributed by atoms with E-state index in [-0.39, 0.29) is 30.1 Å². The summed E-state index contributed by atoms with van der Waals surface area (Å²) in [7, 11) is 0. The highest BCUT2D eigenvalue weighted by Gasteiger charge is 2.30. The Kier molecular flexibility index (Phi) is 5.35. The van der Waals surface area contributed by atoms with Crippen LogP contribution in [0.25, 0.3) is 0 Å². The van der Waals surface area contributed by atoms with Crippen LogP contribution in [0.3, 0.4) is 0 Å². The normalized spacial score (nSPS) is 17.0. The largest absolute Gasteiger partial charge is 0.351 e. The van der Waals surface area contributed by atoms with Gasteiger partial charge in [0, 0.05) is 38.0 Å². The lowest BCUT2D eigenvalue weighted by atomic mass is 10.1. The fourth-order valence-electron chi connectivity index (χ4n) is 3.19. The van der Waals surface area contributed by atoms with Crippen LogP contribution in [0.15, 0.2) is 24.3 Å². The van der Waals surface area contributed by atoms with Crippen LogP contribution < -0.4 is 5.32 Å². The smallest absolute Gasteiger partial charge is 0.225 e. The zero-order valence-corrected chi connectivity index (χ0v) is 15.0. The molecule has 0 unspecified atom stereocenters. The van der Waals surface area contributed by atoms with Gasteiger partial charge in [-0.25, -0.2) is 4.39 Å². The number of aromatic amines is 1. The molecule has 0 spiro atoms. The molecule has 26 heavy (non-hydrogen) atoms. The molecule has 2 aromatic rings. The van der Waals surface area contributed by atoms with E-state index >= 15 is 0 Å². The van der Waals surface area contributed by atoms with Crippen LogP contribution in [-0.4, -0.2) is 39.5 Å². The maximum atomic E-state index is 13.3. The number of carbonyl (C=O) groups is 2. The van der Waals surface area contributed by atoms with E-state index in [9.17, 15) is 14.0 Å². The van der Waals surface area contributed by atoms with Crippen LogP contribution in [0, 0.1) is 19.7 Å². The second-order valence-electron chi connectivity index (χ2n) is 6.79. The number of likely N-dealkylation sites (tertiary alicyclic amines) is 1. The first kappa shape index (κ1) is 18.1. The zero-order valence-electron chi connectivity index (χ0n) is 15.0. The lowest BCUT2D eigenvalue weighted by Crippen LogP contribution is -2.37. The summed E-state index contributed by atoms with van der Waals surface area (Å²) in [6.45, 7) is 4.73. The number of nitrogens with zero attached hydrogens (tertiary/aromatic N) is 2. The van der Waals surface area contributed by atoms with E-state index in [1.807, 2.05) is 13.8 Å². The molecule has 1 saturated heterocycles. The predicted octanol–water partition coefficient (Wildman–Crippen LogP) is 2.02. The van der Waals surface area contributed by atoms with Crippen molar-refractivity contribution in [2.75, 3.05) is 6.54 Å². The molecule has 0 aliphatic carbocycles. The summed E-state index contributed by atoms with van der Waals surface area (Å²) in [5, 5.41) is 10.0. The summed E-state index contributed by atoms with van der Waals surface area (Å²) >= 11 is 0. The van der Waals surface area contributed by atoms with Gasteiger partial charge in [0.25, 0.3) is 0 Å². The van der Waals surface area contributed by atoms with Gasteiger partial charge in [-0.05, 0) is 37.1 Å². The Labute approximate surface area is 151 Å². The Bertz CT molecular complexity index is 818. The van der Waals surface area contributed by atoms with Gasteiger partial charge in [0.1, 0.15) is 5.82 Å². The molecule has 2 amide bonds. The number of benzene rings is 1. The standard InChI is InChI=1S/C19H23FN4O2/c1-12-13(2)22-23-17(12)6-7-18(25)21-16-9-19(26)24(11-16)10-14-4-3-5-15(20)8-14/h3-5,8,16H,6-7,9-11H2,1-2H3,(H,21,25)(H,22,23)/t16-/m0/s1. The molecule has 2 N–H and O–H groups in total. The number of rotatable bonds is 6. The van der Waals surface area contributed by atoms with Crippen molar-refractivity contribution in [3.63, 3.8) is 0 Å². The van der Waals surface area contributed by atoms with Crippen molar-refractivity contribution in [3.05, 3.63) is 52.6 Å². The van der Waals surface area contributed by atoms with Crippen molar-refractivity contribution in [1.29, 1.82) is 0 Å². The van der Waals surface area contributed by atoms with Gasteiger partial charge in [-0.15, -0.1) is 0 Å². The molecule has 0 radical (unpaired) electrons. The van der Waals surface area contributed by atoms with Gasteiger partial charge < -0.3 is 10.2 Å². The second-order valence-corrected chi connectivity index (χ2v) is 6.79. The van der Waals surface area contributed by atoms with Crippen LogP contribution >= 0.6 is 0 Å². The van der Waals surface area contributed by atoms with E-state index in [1.54, 1.807) is 17.0 Å². The van der Waals surface area contributed by atoms with Crippen LogP contribution in [0.2, 0.25) is 0 Å². The first-order valence-corrected chi connectivity index (χ1v) is 8.74. The molecular weight excluding hydrogens is 335 g/mol. The molecule has 1 aliphatic heterocycles. The topological polar surface area (TPSA) is 78.1 Å². The van der Waals surface area contributed by atoms with Crippen molar-refractivity contribution in [2.24, 2.45) is 0 Å². The number of hydrogen-bond acceptors (Lipinski definition) is 3. The molecule has 1 atom stereocenters. The van der Waals surface area contributed by atoms with Crippen molar-refractivity contribution < 1.29 is 14.0 Å². The van der Waals surface area contributed by atoms with Crippen LogP contribution in [0.1, 0.15) is 35.4 Å². The van der Waals surface area contributed by atoms with Crippen LogP contribution in [0.5, 0.6) is 0 Å². The summed E-state index contributed by atoms with van der Waals surface area (Å²) in [6.07, 6.45) is 1.18. The van der Waals surface area contributed by atoms with Crippen molar-refractivity contribution >= 4 is 11.8 Å². The summed E-state index contributed by atoms with van der Waals surface area (Å²) < 4.78 is 13.3. The number of hydrogen-bond donors (Lipinski definition) is 2. The van der Waals surface area contributed by atoms with E-state index in [0.29, 0.717) is 25.9 Å². The van der Waals surface area contributed by atoms with Gasteiger partial charge in [-0.2, -0.15) is 5.10 Å². The predicted molar refractivity (Wildman–Crippen MR) is 94.7 cm³/mol. The fourth-order valence-corrected chi connectivity index (χ4v) is 3.19. The quantitative estimate of drug-likeness (QED) is 0.829. The molecule has 138 valence electrons. The molecule has 0 bridgehead atoms. The third-order valence-corrected chi connectivity index (χ3v) is 4.78. The molecular formula is C19H23FN4O2. The van der Waals surface area contributed by atoms with Gasteiger partial charge in [-0.3, -0.25) is 14.7 Å². The maximum absolute atomic E-state index is 13.3. The number of H-pyrrole nitrogens is 1. The summed E-state index contributed by atoms with van der Waals surface area (Å²) in [5.74, 6) is -0.434. The third-order valence-electron chi connectivity index (χ3n) is 4.78. The highest BCUT2D eigenvalue weighted by Crippen LogP contribution is 2.16. The molecule has 0 saturated carbocycles. The van der Waals surface area contributed by atoms with Crippen LogP contribution in [-0.2, 0) is 22.6 Å². The second kappa shape index (κ2) is 7.68. The third kappa shape index (κ3) is 4.28. The van der Waals surface area contributed by atoms with E-state index < -0.39 is 0 Å². The van der Waals surface area contributed by atoms with E-state index in [2.05, 4.69) is 15.5 Å². The van der Waals surface area contributed by atoms with Gasteiger partial charge in [-0.1, -0.05) is 12.1 Å². The number of aryl methyl sites for hydroxylation is 2. The summed E-state index contributed by atoms with van der Waals surface area (Å²) in [5.41, 5.74) is 3.73. The molecule has 7 heteroatoms. The zero-order chi connectivity index (χ0) is 18.7. The fraction of sp³-hybridized carbons (Fsp3) is 0.421. The summed E-state index contributed by atoms with van der Waals surface area (Å²) in [4.78, 5) is 26.0. The first-order chi connectivity index (χ1) is 12.4. The van der Waals surface area contributed by atoms with Crippen LogP contribution in [0.4, 0.5) is 4.39 Å². The number of nitrogens with one attached hydrogen (secondary N) is 2. The van der Waals surface area contributed by atoms with Gasteiger partial charge in [0.2, 0.25) is 11.8 Å². The monoisotopic (exact) mass is 358 g/mol. The Morgan fingerprint density at radius 3 is 2.92 bits per heavy atom. The van der Waals surface area contributed by atoms with Gasteiger partial charge in [0.05, 0.1) is 11.7 Å². The van der Waals surface area contributed by atoms with Crippen molar-refractivity contribution in [2.45, 2.75) is 45.7 Å². The van der Waals surface area contributed by atoms with Gasteiger partial charge >= 0.3 is 0 Å². The van der Waals surface area contributed by atoms with Gasteiger partial charge in [0.15, 0.2) is 0 Å². The van der Waals surface area contributed by atoms with Crippen molar-refractivity contribution in [1.82, 2.24) is 20.4 Å². The van der Waals surface area contributed by atoms with E-state index in [1.165, 1.54) is 12.1 Å². The maximum Gasteiger partial charge on any atom is 0.225 e. The molecule has 1 aromatic carbocycles. The molecule has 2 heterocycles. The minimum atomic E-state index is -0.317. The Morgan fingerprint density at radius 1 is 1.42 bits per heavy atom. The van der Waals surface area contributed by atoms with Crippen molar-refractivity contribution in [3.8, 4) is 0 Å².